The van der Waals surface area contributed by atoms with Crippen molar-refractivity contribution >= 4 is 24.3 Å². The van der Waals surface area contributed by atoms with Gasteiger partial charge in [-0.3, -0.25) is 4.79 Å². The topological polar surface area (TPSA) is 82.1 Å². The summed E-state index contributed by atoms with van der Waals surface area (Å²) in [7, 11) is 0.0450. The summed E-state index contributed by atoms with van der Waals surface area (Å²) in [6.07, 6.45) is 0. The predicted molar refractivity (Wildman–Crippen MR) is 66.4 cm³/mol. The molecule has 0 atom stereocenters. The molecular weight excluding hydrogens is 251 g/mol. The number of hydrogen-bond donors (Lipinski definition) is 1. The van der Waals surface area contributed by atoms with Crippen LogP contribution in [0.4, 0.5) is 0 Å². The zero-order valence-electron chi connectivity index (χ0n) is 10.6. The van der Waals surface area contributed by atoms with Crippen molar-refractivity contribution in [3.8, 4) is 5.75 Å². The van der Waals surface area contributed by atoms with Crippen molar-refractivity contribution in [1.29, 1.82) is 0 Å². The number of hydrogen-bond acceptors (Lipinski definition) is 6. The Balaban J connectivity index is 2.46. The number of ketones is 1. The molecule has 100 valence electrons. The van der Waals surface area contributed by atoms with Crippen LogP contribution in [-0.4, -0.2) is 37.6 Å². The maximum absolute atomic E-state index is 11.8. The second-order valence-electron chi connectivity index (χ2n) is 4.16. The molecule has 2 rings (SSSR count). The minimum absolute atomic E-state index is 0.103. The monoisotopic (exact) mass is 264 g/mol. The molecule has 0 bridgehead atoms. The number of ether oxygens (including phenoxy) is 2. The number of benzene rings is 1. The summed E-state index contributed by atoms with van der Waals surface area (Å²) in [5, 5.41) is 9.76. The summed E-state index contributed by atoms with van der Waals surface area (Å²) in [4.78, 5) is 22.8. The summed E-state index contributed by atoms with van der Waals surface area (Å²) in [6.45, 7) is 1.44. The molecule has 0 amide bonds. The van der Waals surface area contributed by atoms with Gasteiger partial charge in [-0.2, -0.15) is 0 Å². The van der Waals surface area contributed by atoms with Gasteiger partial charge in [0.25, 0.3) is 0 Å². The van der Waals surface area contributed by atoms with Crippen molar-refractivity contribution in [3.05, 3.63) is 23.3 Å². The maximum atomic E-state index is 11.8. The molecule has 0 saturated carbocycles. The van der Waals surface area contributed by atoms with Crippen molar-refractivity contribution in [2.45, 2.75) is 13.5 Å². The van der Waals surface area contributed by atoms with Gasteiger partial charge in [-0.1, -0.05) is 6.07 Å². The fourth-order valence-electron chi connectivity index (χ4n) is 1.91. The largest absolute Gasteiger partial charge is 0.492 e. The van der Waals surface area contributed by atoms with E-state index in [1.165, 1.54) is 14.0 Å². The first-order valence-electron chi connectivity index (χ1n) is 5.70. The van der Waals surface area contributed by atoms with Gasteiger partial charge in [-0.25, -0.2) is 4.79 Å². The first kappa shape index (κ1) is 13.6. The number of fused-ring (bicyclic) bond motifs is 1. The zero-order chi connectivity index (χ0) is 14.0. The van der Waals surface area contributed by atoms with Crippen LogP contribution in [0.15, 0.2) is 12.1 Å². The van der Waals surface area contributed by atoms with Crippen molar-refractivity contribution in [2.75, 3.05) is 13.7 Å². The average Bonchev–Trinajstić information content (AvgIpc) is 2.76. The Morgan fingerprint density at radius 2 is 2.21 bits per heavy atom. The van der Waals surface area contributed by atoms with Crippen molar-refractivity contribution < 1.29 is 28.7 Å². The molecule has 1 aliphatic heterocycles. The van der Waals surface area contributed by atoms with Crippen LogP contribution in [0.2, 0.25) is 0 Å². The minimum Gasteiger partial charge on any atom is -0.485 e. The van der Waals surface area contributed by atoms with Crippen LogP contribution < -0.4 is 10.2 Å². The summed E-state index contributed by atoms with van der Waals surface area (Å²) < 4.78 is 15.0. The lowest BCUT2D eigenvalue weighted by Gasteiger charge is -2.13. The highest BCUT2D eigenvalue weighted by Crippen LogP contribution is 2.23. The summed E-state index contributed by atoms with van der Waals surface area (Å²) >= 11 is 0. The van der Waals surface area contributed by atoms with Crippen LogP contribution in [0.5, 0.6) is 5.75 Å². The Hall–Kier alpha value is -1.86. The zero-order valence-corrected chi connectivity index (χ0v) is 10.6. The van der Waals surface area contributed by atoms with Crippen LogP contribution in [-0.2, 0) is 20.8 Å². The molecule has 0 aliphatic carbocycles. The summed E-state index contributed by atoms with van der Waals surface area (Å²) in [5.41, 5.74) is 1.14. The van der Waals surface area contributed by atoms with E-state index >= 15 is 0 Å². The van der Waals surface area contributed by atoms with Crippen LogP contribution in [0.1, 0.15) is 22.8 Å². The third-order valence-electron chi connectivity index (χ3n) is 2.76. The van der Waals surface area contributed by atoms with E-state index < -0.39 is 13.1 Å². The Labute approximate surface area is 110 Å². The Bertz CT molecular complexity index is 527. The van der Waals surface area contributed by atoms with Gasteiger partial charge in [-0.15, -0.1) is 0 Å². The second kappa shape index (κ2) is 5.42. The SMILES string of the molecule is COC(=O)c1c(OCC(C)=O)ccc2c1B(O)OC2. The van der Waals surface area contributed by atoms with Crippen molar-refractivity contribution in [3.63, 3.8) is 0 Å². The molecule has 0 aromatic heterocycles. The van der Waals surface area contributed by atoms with Crippen LogP contribution in [0, 0.1) is 0 Å². The third kappa shape index (κ3) is 2.62. The van der Waals surface area contributed by atoms with Gasteiger partial charge >= 0.3 is 13.1 Å². The van der Waals surface area contributed by atoms with E-state index in [2.05, 4.69) is 4.74 Å². The molecule has 19 heavy (non-hydrogen) atoms. The lowest BCUT2D eigenvalue weighted by atomic mass is 9.76. The number of carbonyl (C=O) groups excluding carboxylic acids is 2. The molecule has 0 spiro atoms. The number of rotatable bonds is 4. The number of esters is 1. The molecule has 1 aromatic rings. The van der Waals surface area contributed by atoms with Gasteiger partial charge in [0.2, 0.25) is 0 Å². The van der Waals surface area contributed by atoms with E-state index in [1.807, 2.05) is 0 Å². The fourth-order valence-corrected chi connectivity index (χ4v) is 1.91. The van der Waals surface area contributed by atoms with E-state index in [0.29, 0.717) is 11.0 Å². The standard InChI is InChI=1S/C12H13BO6/c1-7(14)5-18-9-4-3-8-6-19-13(16)11(8)10(9)12(15)17-2/h3-4,16H,5-6H2,1-2H3. The van der Waals surface area contributed by atoms with E-state index in [0.717, 1.165) is 0 Å². The quantitative estimate of drug-likeness (QED) is 0.591. The molecule has 7 heteroatoms. The molecule has 1 aromatic carbocycles. The normalized spacial score (nSPS) is 13.1. The molecule has 1 aliphatic rings. The molecule has 0 saturated heterocycles. The van der Waals surface area contributed by atoms with E-state index in [4.69, 9.17) is 9.39 Å². The van der Waals surface area contributed by atoms with Gasteiger partial charge < -0.3 is 19.2 Å². The van der Waals surface area contributed by atoms with Gasteiger partial charge in [0, 0.05) is 5.46 Å². The van der Waals surface area contributed by atoms with Gasteiger partial charge in [0.05, 0.1) is 13.7 Å². The van der Waals surface area contributed by atoms with Gasteiger partial charge in [0.1, 0.15) is 17.9 Å². The van der Waals surface area contributed by atoms with Crippen LogP contribution >= 0.6 is 0 Å². The predicted octanol–water partition coefficient (Wildman–Crippen LogP) is -0.341. The number of Topliss-reactive ketones (excluding diaryl/α,β-unsaturated/α-hetero) is 1. The summed E-state index contributed by atoms with van der Waals surface area (Å²) in [5.74, 6) is -0.613. The first-order valence-corrected chi connectivity index (χ1v) is 5.70. The van der Waals surface area contributed by atoms with E-state index in [9.17, 15) is 14.6 Å². The molecule has 0 radical (unpaired) electrons. The average molecular weight is 264 g/mol. The van der Waals surface area contributed by atoms with Crippen molar-refractivity contribution in [2.24, 2.45) is 0 Å². The lowest BCUT2D eigenvalue weighted by molar-refractivity contribution is -0.118. The highest BCUT2D eigenvalue weighted by Gasteiger charge is 2.35. The van der Waals surface area contributed by atoms with Crippen molar-refractivity contribution in [1.82, 2.24) is 0 Å². The highest BCUT2D eigenvalue weighted by molar-refractivity contribution is 6.63. The Morgan fingerprint density at radius 1 is 1.47 bits per heavy atom. The second-order valence-corrected chi connectivity index (χ2v) is 4.16. The fraction of sp³-hybridized carbons (Fsp3) is 0.333. The molecular formula is C12H13BO6. The van der Waals surface area contributed by atoms with Crippen LogP contribution in [0.25, 0.3) is 0 Å². The first-order chi connectivity index (χ1) is 9.04. The molecule has 0 fully saturated rings. The minimum atomic E-state index is -1.19. The van der Waals surface area contributed by atoms with Crippen LogP contribution in [0.3, 0.4) is 0 Å². The number of methoxy groups -OCH3 is 1. The van der Waals surface area contributed by atoms with Gasteiger partial charge in [-0.05, 0) is 18.6 Å². The molecule has 6 nitrogen and oxygen atoms in total. The number of carbonyl (C=O) groups is 2. The highest BCUT2D eigenvalue weighted by atomic mass is 16.5. The molecule has 1 N–H and O–H groups in total. The third-order valence-corrected chi connectivity index (χ3v) is 2.76. The van der Waals surface area contributed by atoms with Gasteiger partial charge in [0.15, 0.2) is 5.78 Å². The lowest BCUT2D eigenvalue weighted by Crippen LogP contribution is -2.34. The maximum Gasteiger partial charge on any atom is 0.492 e. The summed E-state index contributed by atoms with van der Waals surface area (Å²) in [6, 6.07) is 3.25. The smallest absolute Gasteiger partial charge is 0.485 e. The van der Waals surface area contributed by atoms with E-state index in [-0.39, 0.29) is 30.3 Å². The molecule has 0 unspecified atom stereocenters. The Morgan fingerprint density at radius 3 is 2.84 bits per heavy atom. The molecule has 1 heterocycles. The van der Waals surface area contributed by atoms with E-state index in [1.54, 1.807) is 12.1 Å². The Kier molecular flexibility index (Phi) is 3.87.